The molecule has 1 fully saturated rings. The SMILES string of the molecule is CCOc1cc(/C=C2/NC(=O)N(CC(=O)OC)C2=O)c(Br)cc1OCC(=O)O. The lowest BCUT2D eigenvalue weighted by molar-refractivity contribution is -0.143. The van der Waals surface area contributed by atoms with E-state index in [4.69, 9.17) is 14.6 Å². The number of hydrogen-bond donors (Lipinski definition) is 2. The van der Waals surface area contributed by atoms with Gasteiger partial charge in [-0.15, -0.1) is 0 Å². The van der Waals surface area contributed by atoms with Crippen molar-refractivity contribution in [3.63, 3.8) is 0 Å². The molecule has 0 aliphatic carbocycles. The number of nitrogens with zero attached hydrogens (tertiary/aromatic N) is 1. The standard InChI is InChI=1S/C17H17BrN2O8/c1-3-27-12-5-9(10(18)6-13(12)28-8-14(21)22)4-11-16(24)20(17(25)19-11)7-15(23)26-2/h4-6H,3,7-8H2,1-2H3,(H,19,25)(H,21,22)/b11-4+. The minimum atomic E-state index is -1.14. The zero-order valence-corrected chi connectivity index (χ0v) is 16.6. The van der Waals surface area contributed by atoms with Crippen molar-refractivity contribution < 1.29 is 38.5 Å². The number of nitrogens with one attached hydrogen (secondary N) is 1. The number of ether oxygens (including phenoxy) is 3. The van der Waals surface area contributed by atoms with Crippen molar-refractivity contribution in [3.8, 4) is 11.5 Å². The zero-order chi connectivity index (χ0) is 20.8. The lowest BCUT2D eigenvalue weighted by Gasteiger charge is -2.13. The van der Waals surface area contributed by atoms with Gasteiger partial charge in [0.15, 0.2) is 18.1 Å². The van der Waals surface area contributed by atoms with E-state index in [0.29, 0.717) is 16.6 Å². The highest BCUT2D eigenvalue weighted by molar-refractivity contribution is 9.10. The molecule has 2 N–H and O–H groups in total. The molecule has 0 saturated carbocycles. The van der Waals surface area contributed by atoms with Gasteiger partial charge >= 0.3 is 18.0 Å². The Kier molecular flexibility index (Phi) is 6.99. The molecule has 28 heavy (non-hydrogen) atoms. The summed E-state index contributed by atoms with van der Waals surface area (Å²) in [6.07, 6.45) is 1.39. The molecule has 1 aliphatic heterocycles. The minimum Gasteiger partial charge on any atom is -0.490 e. The van der Waals surface area contributed by atoms with E-state index < -0.39 is 37.0 Å². The van der Waals surface area contributed by atoms with Crippen molar-refractivity contribution in [3.05, 3.63) is 27.9 Å². The number of carbonyl (C=O) groups is 4. The van der Waals surface area contributed by atoms with E-state index in [1.165, 1.54) is 18.2 Å². The molecule has 150 valence electrons. The number of methoxy groups -OCH3 is 1. The average molecular weight is 457 g/mol. The van der Waals surface area contributed by atoms with Crippen LogP contribution in [-0.4, -0.2) is 60.8 Å². The van der Waals surface area contributed by atoms with Crippen molar-refractivity contribution in [2.24, 2.45) is 0 Å². The zero-order valence-electron chi connectivity index (χ0n) is 15.0. The summed E-state index contributed by atoms with van der Waals surface area (Å²) in [5.74, 6) is -2.10. The van der Waals surface area contributed by atoms with Crippen LogP contribution in [0.5, 0.6) is 11.5 Å². The van der Waals surface area contributed by atoms with E-state index in [0.717, 1.165) is 12.0 Å². The second-order valence-electron chi connectivity index (χ2n) is 5.39. The van der Waals surface area contributed by atoms with Gasteiger partial charge in [0.1, 0.15) is 12.2 Å². The van der Waals surface area contributed by atoms with Gasteiger partial charge in [0.2, 0.25) is 0 Å². The van der Waals surface area contributed by atoms with E-state index in [9.17, 15) is 19.2 Å². The summed E-state index contributed by atoms with van der Waals surface area (Å²) in [7, 11) is 1.15. The van der Waals surface area contributed by atoms with Gasteiger partial charge in [-0.25, -0.2) is 14.5 Å². The number of rotatable bonds is 8. The number of benzene rings is 1. The first-order chi connectivity index (χ1) is 13.3. The third-order valence-electron chi connectivity index (χ3n) is 3.49. The molecule has 0 atom stereocenters. The first-order valence-corrected chi connectivity index (χ1v) is 8.78. The number of aliphatic carboxylic acids is 1. The van der Waals surface area contributed by atoms with E-state index in [-0.39, 0.29) is 17.2 Å². The summed E-state index contributed by atoms with van der Waals surface area (Å²) in [4.78, 5) is 47.1. The number of carboxylic acid groups (broad SMARTS) is 1. The smallest absolute Gasteiger partial charge is 0.341 e. The van der Waals surface area contributed by atoms with E-state index >= 15 is 0 Å². The number of esters is 1. The molecule has 1 aromatic rings. The topological polar surface area (TPSA) is 131 Å². The summed E-state index contributed by atoms with van der Waals surface area (Å²) < 4.78 is 15.6. The second kappa shape index (κ2) is 9.22. The number of amides is 3. The predicted molar refractivity (Wildman–Crippen MR) is 98.7 cm³/mol. The Morgan fingerprint density at radius 1 is 1.25 bits per heavy atom. The Morgan fingerprint density at radius 3 is 2.54 bits per heavy atom. The normalized spacial score (nSPS) is 14.8. The van der Waals surface area contributed by atoms with Crippen molar-refractivity contribution in [2.45, 2.75) is 6.92 Å². The molecule has 1 saturated heterocycles. The van der Waals surface area contributed by atoms with Crippen LogP contribution in [0.25, 0.3) is 6.08 Å². The van der Waals surface area contributed by atoms with Gasteiger partial charge in [-0.3, -0.25) is 9.59 Å². The van der Waals surface area contributed by atoms with Crippen LogP contribution in [0.15, 0.2) is 22.3 Å². The molecule has 11 heteroatoms. The first-order valence-electron chi connectivity index (χ1n) is 7.99. The molecule has 1 aliphatic rings. The quantitative estimate of drug-likeness (QED) is 0.340. The Morgan fingerprint density at radius 2 is 1.93 bits per heavy atom. The largest absolute Gasteiger partial charge is 0.490 e. The van der Waals surface area contributed by atoms with Gasteiger partial charge in [-0.1, -0.05) is 15.9 Å². The van der Waals surface area contributed by atoms with E-state index in [1.807, 2.05) is 0 Å². The predicted octanol–water partition coefficient (Wildman–Crippen LogP) is 1.38. The highest BCUT2D eigenvalue weighted by atomic mass is 79.9. The van der Waals surface area contributed by atoms with Crippen LogP contribution in [-0.2, 0) is 19.1 Å². The Hall–Kier alpha value is -3.08. The van der Waals surface area contributed by atoms with E-state index in [2.05, 4.69) is 26.0 Å². The van der Waals surface area contributed by atoms with Crippen LogP contribution in [0.2, 0.25) is 0 Å². The highest BCUT2D eigenvalue weighted by Gasteiger charge is 2.35. The number of urea groups is 1. The summed E-state index contributed by atoms with van der Waals surface area (Å²) in [5, 5.41) is 11.2. The third kappa shape index (κ3) is 5.00. The average Bonchev–Trinajstić information content (AvgIpc) is 2.90. The monoisotopic (exact) mass is 456 g/mol. The van der Waals surface area contributed by atoms with Gasteiger partial charge in [0.05, 0.1) is 13.7 Å². The fourth-order valence-corrected chi connectivity index (χ4v) is 2.68. The maximum Gasteiger partial charge on any atom is 0.341 e. The first kappa shape index (κ1) is 21.2. The minimum absolute atomic E-state index is 0.0451. The van der Waals surface area contributed by atoms with Crippen molar-refractivity contribution in [2.75, 3.05) is 26.9 Å². The maximum absolute atomic E-state index is 12.4. The summed E-state index contributed by atoms with van der Waals surface area (Å²) in [6.45, 7) is 0.978. The van der Waals surface area contributed by atoms with Gasteiger partial charge in [0, 0.05) is 4.47 Å². The number of halogens is 1. The third-order valence-corrected chi connectivity index (χ3v) is 4.18. The van der Waals surface area contributed by atoms with Crippen LogP contribution in [0.1, 0.15) is 12.5 Å². The van der Waals surface area contributed by atoms with Crippen LogP contribution in [0, 0.1) is 0 Å². The van der Waals surface area contributed by atoms with Crippen molar-refractivity contribution >= 4 is 45.9 Å². The van der Waals surface area contributed by atoms with Crippen LogP contribution < -0.4 is 14.8 Å². The summed E-state index contributed by atoms with van der Waals surface area (Å²) in [5.41, 5.74) is 0.422. The highest BCUT2D eigenvalue weighted by Crippen LogP contribution is 2.35. The van der Waals surface area contributed by atoms with Crippen LogP contribution in [0.3, 0.4) is 0 Å². The van der Waals surface area contributed by atoms with Gasteiger partial charge < -0.3 is 24.6 Å². The lowest BCUT2D eigenvalue weighted by Crippen LogP contribution is -2.36. The number of imide groups is 1. The molecular formula is C17H17BrN2O8. The molecule has 3 amide bonds. The Labute approximate surface area is 168 Å². The summed E-state index contributed by atoms with van der Waals surface area (Å²) in [6, 6.07) is 2.28. The molecule has 0 bridgehead atoms. The molecular weight excluding hydrogens is 440 g/mol. The molecule has 0 unspecified atom stereocenters. The molecule has 10 nitrogen and oxygen atoms in total. The maximum atomic E-state index is 12.4. The number of carbonyl (C=O) groups excluding carboxylic acids is 3. The van der Waals surface area contributed by atoms with Crippen LogP contribution >= 0.6 is 15.9 Å². The van der Waals surface area contributed by atoms with Gasteiger partial charge in [-0.2, -0.15) is 0 Å². The Balaban J connectivity index is 2.33. The lowest BCUT2D eigenvalue weighted by atomic mass is 10.1. The molecule has 2 rings (SSSR count). The number of hydrogen-bond acceptors (Lipinski definition) is 7. The summed E-state index contributed by atoms with van der Waals surface area (Å²) >= 11 is 3.31. The van der Waals surface area contributed by atoms with Crippen molar-refractivity contribution in [1.82, 2.24) is 10.2 Å². The van der Waals surface area contributed by atoms with Crippen LogP contribution in [0.4, 0.5) is 4.79 Å². The van der Waals surface area contributed by atoms with Gasteiger partial charge in [-0.05, 0) is 30.7 Å². The fourth-order valence-electron chi connectivity index (χ4n) is 2.25. The Bertz CT molecular complexity index is 852. The molecule has 1 heterocycles. The second-order valence-corrected chi connectivity index (χ2v) is 6.25. The fraction of sp³-hybridized carbons (Fsp3) is 0.294. The molecule has 0 aromatic heterocycles. The van der Waals surface area contributed by atoms with Gasteiger partial charge in [0.25, 0.3) is 5.91 Å². The molecule has 0 radical (unpaired) electrons. The van der Waals surface area contributed by atoms with E-state index in [1.54, 1.807) is 6.92 Å². The number of carboxylic acids is 1. The van der Waals surface area contributed by atoms with Crippen molar-refractivity contribution in [1.29, 1.82) is 0 Å². The molecule has 1 aromatic carbocycles. The molecule has 0 spiro atoms.